The fourth-order valence-electron chi connectivity index (χ4n) is 3.99. The Balaban J connectivity index is 1.45. The van der Waals surface area contributed by atoms with Crippen LogP contribution in [-0.4, -0.2) is 35.6 Å². The number of carbonyl (C=O) groups excluding carboxylic acids is 1. The summed E-state index contributed by atoms with van der Waals surface area (Å²) in [6.07, 6.45) is 1.09. The van der Waals surface area contributed by atoms with Crippen LogP contribution in [0.15, 0.2) is 51.7 Å². The fourth-order valence-corrected chi connectivity index (χ4v) is 3.99. The zero-order chi connectivity index (χ0) is 22.0. The summed E-state index contributed by atoms with van der Waals surface area (Å²) in [6, 6.07) is 14.8. The van der Waals surface area contributed by atoms with Crippen molar-refractivity contribution in [2.75, 3.05) is 13.1 Å². The molecular weight excluding hydrogens is 394 g/mol. The van der Waals surface area contributed by atoms with Crippen molar-refractivity contribution >= 4 is 17.0 Å². The normalized spacial score (nSPS) is 19.6. The smallest absolute Gasteiger partial charge is 0.408 e. The molecule has 2 heterocycles. The summed E-state index contributed by atoms with van der Waals surface area (Å²) in [4.78, 5) is 24.2. The number of aromatic nitrogens is 1. The van der Waals surface area contributed by atoms with Gasteiger partial charge >= 0.3 is 5.76 Å². The van der Waals surface area contributed by atoms with Crippen LogP contribution in [0, 0.1) is 17.2 Å². The lowest BCUT2D eigenvalue weighted by Gasteiger charge is -2.29. The Labute approximate surface area is 179 Å². The van der Waals surface area contributed by atoms with Crippen LogP contribution in [0.1, 0.15) is 12.0 Å². The van der Waals surface area contributed by atoms with Gasteiger partial charge in [0.25, 0.3) is 0 Å². The second-order valence-corrected chi connectivity index (χ2v) is 7.96. The predicted octanol–water partition coefficient (Wildman–Crippen LogP) is 1.29. The molecule has 1 aromatic heterocycles. The van der Waals surface area contributed by atoms with E-state index in [1.54, 1.807) is 13.1 Å². The summed E-state index contributed by atoms with van der Waals surface area (Å²) in [5.74, 6) is -0.818. The van der Waals surface area contributed by atoms with Gasteiger partial charge in [0.15, 0.2) is 5.58 Å². The number of nitrogens with zero attached hydrogens (tertiary/aromatic N) is 2. The molecule has 8 nitrogen and oxygen atoms in total. The van der Waals surface area contributed by atoms with E-state index >= 15 is 0 Å². The van der Waals surface area contributed by atoms with Gasteiger partial charge in [0.2, 0.25) is 5.91 Å². The van der Waals surface area contributed by atoms with Crippen LogP contribution in [0.2, 0.25) is 0 Å². The number of rotatable bonds is 5. The SMILES string of the molecule is Cn1c(=O)oc2ccc(-c3ccc(C[C@@H](C#N)NC(=O)[C@H]4CCNC[C@H]4N)cc3)cc21. The first kappa shape index (κ1) is 20.8. The van der Waals surface area contributed by atoms with Crippen molar-refractivity contribution in [3.63, 3.8) is 0 Å². The third-order valence-electron chi connectivity index (χ3n) is 5.86. The maximum atomic E-state index is 12.5. The molecule has 1 aliphatic rings. The van der Waals surface area contributed by atoms with Crippen molar-refractivity contribution in [1.82, 2.24) is 15.2 Å². The van der Waals surface area contributed by atoms with Crippen LogP contribution in [0.4, 0.5) is 0 Å². The Kier molecular flexibility index (Phi) is 5.89. The highest BCUT2D eigenvalue weighted by atomic mass is 16.4. The highest BCUT2D eigenvalue weighted by Crippen LogP contribution is 2.24. The minimum Gasteiger partial charge on any atom is -0.408 e. The molecular formula is C23H25N5O3. The Hall–Kier alpha value is -3.41. The molecule has 0 spiro atoms. The van der Waals surface area contributed by atoms with E-state index in [1.165, 1.54) is 4.57 Å². The van der Waals surface area contributed by atoms with E-state index in [1.807, 2.05) is 36.4 Å². The van der Waals surface area contributed by atoms with Gasteiger partial charge < -0.3 is 20.8 Å². The molecule has 3 aromatic rings. The van der Waals surface area contributed by atoms with Gasteiger partial charge in [-0.3, -0.25) is 9.36 Å². The van der Waals surface area contributed by atoms with Crippen LogP contribution in [0.3, 0.4) is 0 Å². The maximum absolute atomic E-state index is 12.5. The van der Waals surface area contributed by atoms with E-state index in [9.17, 15) is 14.9 Å². The van der Waals surface area contributed by atoms with Gasteiger partial charge in [-0.1, -0.05) is 30.3 Å². The summed E-state index contributed by atoms with van der Waals surface area (Å²) in [7, 11) is 1.67. The molecule has 2 aromatic carbocycles. The van der Waals surface area contributed by atoms with Crippen molar-refractivity contribution in [1.29, 1.82) is 5.26 Å². The average Bonchev–Trinajstić information content (AvgIpc) is 3.07. The zero-order valence-corrected chi connectivity index (χ0v) is 17.3. The molecule has 0 radical (unpaired) electrons. The van der Waals surface area contributed by atoms with Crippen molar-refractivity contribution in [2.24, 2.45) is 18.7 Å². The van der Waals surface area contributed by atoms with Crippen molar-refractivity contribution in [3.8, 4) is 17.2 Å². The molecule has 4 rings (SSSR count). The van der Waals surface area contributed by atoms with Crippen molar-refractivity contribution < 1.29 is 9.21 Å². The second kappa shape index (κ2) is 8.76. The number of nitriles is 1. The number of fused-ring (bicyclic) bond motifs is 1. The maximum Gasteiger partial charge on any atom is 0.419 e. The number of amides is 1. The topological polar surface area (TPSA) is 126 Å². The molecule has 0 aliphatic carbocycles. The van der Waals surface area contributed by atoms with Crippen molar-refractivity contribution in [3.05, 3.63) is 58.6 Å². The Morgan fingerprint density at radius 2 is 2.06 bits per heavy atom. The van der Waals surface area contributed by atoms with Gasteiger partial charge in [-0.25, -0.2) is 4.79 Å². The van der Waals surface area contributed by atoms with Gasteiger partial charge in [-0.15, -0.1) is 0 Å². The van der Waals surface area contributed by atoms with E-state index in [4.69, 9.17) is 10.2 Å². The van der Waals surface area contributed by atoms with Crippen LogP contribution in [0.5, 0.6) is 0 Å². The summed E-state index contributed by atoms with van der Waals surface area (Å²) < 4.78 is 6.65. The number of hydrogen-bond donors (Lipinski definition) is 3. The van der Waals surface area contributed by atoms with E-state index in [0.717, 1.165) is 28.8 Å². The molecule has 4 N–H and O–H groups in total. The molecule has 1 saturated heterocycles. The van der Waals surface area contributed by atoms with Gasteiger partial charge in [0.05, 0.1) is 17.5 Å². The second-order valence-electron chi connectivity index (χ2n) is 7.96. The number of oxazole rings is 1. The average molecular weight is 419 g/mol. The highest BCUT2D eigenvalue weighted by molar-refractivity contribution is 5.81. The number of nitrogens with two attached hydrogens (primary N) is 1. The minimum atomic E-state index is -0.614. The molecule has 0 saturated carbocycles. The lowest BCUT2D eigenvalue weighted by molar-refractivity contribution is -0.126. The molecule has 8 heteroatoms. The number of hydrogen-bond acceptors (Lipinski definition) is 6. The first-order valence-electron chi connectivity index (χ1n) is 10.3. The molecule has 1 aliphatic heterocycles. The van der Waals surface area contributed by atoms with E-state index < -0.39 is 11.8 Å². The third-order valence-corrected chi connectivity index (χ3v) is 5.86. The highest BCUT2D eigenvalue weighted by Gasteiger charge is 2.29. The lowest BCUT2D eigenvalue weighted by atomic mass is 9.92. The number of carbonyl (C=O) groups is 1. The van der Waals surface area contributed by atoms with Gasteiger partial charge in [0.1, 0.15) is 6.04 Å². The quantitative estimate of drug-likeness (QED) is 0.572. The molecule has 1 amide bonds. The molecule has 0 bridgehead atoms. The Morgan fingerprint density at radius 3 is 2.77 bits per heavy atom. The van der Waals surface area contributed by atoms with Crippen LogP contribution in [-0.2, 0) is 18.3 Å². The molecule has 0 unspecified atom stereocenters. The Morgan fingerprint density at radius 1 is 1.32 bits per heavy atom. The number of piperidine rings is 1. The van der Waals surface area contributed by atoms with Gasteiger partial charge in [-0.05, 0) is 41.8 Å². The molecule has 160 valence electrons. The molecule has 3 atom stereocenters. The van der Waals surface area contributed by atoms with E-state index in [-0.39, 0.29) is 17.9 Å². The number of benzene rings is 2. The number of nitrogens with one attached hydrogen (secondary N) is 2. The van der Waals surface area contributed by atoms with Crippen LogP contribution < -0.4 is 22.1 Å². The van der Waals surface area contributed by atoms with Crippen LogP contribution in [0.25, 0.3) is 22.2 Å². The number of aryl methyl sites for hydroxylation is 1. The Bertz CT molecular complexity index is 1190. The zero-order valence-electron chi connectivity index (χ0n) is 17.3. The fraction of sp³-hybridized carbons (Fsp3) is 0.348. The summed E-state index contributed by atoms with van der Waals surface area (Å²) in [5, 5.41) is 15.5. The third kappa shape index (κ3) is 4.38. The summed E-state index contributed by atoms with van der Waals surface area (Å²) in [5.41, 5.74) is 10.2. The van der Waals surface area contributed by atoms with E-state index in [2.05, 4.69) is 16.7 Å². The first-order valence-corrected chi connectivity index (χ1v) is 10.3. The largest absolute Gasteiger partial charge is 0.419 e. The molecule has 1 fully saturated rings. The van der Waals surface area contributed by atoms with Gasteiger partial charge in [0, 0.05) is 26.1 Å². The van der Waals surface area contributed by atoms with Crippen molar-refractivity contribution in [2.45, 2.75) is 24.9 Å². The van der Waals surface area contributed by atoms with E-state index in [0.29, 0.717) is 25.0 Å². The monoisotopic (exact) mass is 419 g/mol. The standard InChI is InChI=1S/C23H25N5O3/c1-28-20-11-16(6-7-21(20)31-23(28)30)15-4-2-14(3-5-15)10-17(12-24)27-22(29)18-8-9-26-13-19(18)25/h2-7,11,17-19,26H,8-10,13,25H2,1H3,(H,27,29)/t17-,18-,19+/m0/s1. The summed E-state index contributed by atoms with van der Waals surface area (Å²) in [6.45, 7) is 1.36. The lowest BCUT2D eigenvalue weighted by Crippen LogP contribution is -2.53. The minimum absolute atomic E-state index is 0.156. The molecule has 31 heavy (non-hydrogen) atoms. The first-order chi connectivity index (χ1) is 15.0. The van der Waals surface area contributed by atoms with Gasteiger partial charge in [-0.2, -0.15) is 5.26 Å². The summed E-state index contributed by atoms with van der Waals surface area (Å²) >= 11 is 0. The predicted molar refractivity (Wildman–Crippen MR) is 117 cm³/mol. The van der Waals surface area contributed by atoms with Crippen LogP contribution >= 0.6 is 0 Å².